The third kappa shape index (κ3) is 2.74. The van der Waals surface area contributed by atoms with Crippen LogP contribution in [0.3, 0.4) is 0 Å². The van der Waals surface area contributed by atoms with Crippen molar-refractivity contribution in [3.8, 4) is 5.75 Å². The van der Waals surface area contributed by atoms with Gasteiger partial charge in [-0.3, -0.25) is 0 Å². The molecule has 0 fully saturated rings. The van der Waals surface area contributed by atoms with E-state index in [4.69, 9.17) is 10.5 Å². The molecule has 2 aromatic rings. The summed E-state index contributed by atoms with van der Waals surface area (Å²) in [6.45, 7) is 1.86. The van der Waals surface area contributed by atoms with Crippen LogP contribution in [0.4, 0.5) is 4.39 Å². The molecule has 0 amide bonds. The Bertz CT molecular complexity index is 518. The monoisotopic (exact) mass is 269 g/mol. The number of halogens is 2. The zero-order chi connectivity index (χ0) is 12.3. The number of nitrogens with two attached hydrogens (primary N) is 1. The number of benzene rings is 2. The smallest absolute Gasteiger partial charge is 0.124 e. The van der Waals surface area contributed by atoms with Gasteiger partial charge in [-0.25, -0.2) is 4.39 Å². The van der Waals surface area contributed by atoms with E-state index in [2.05, 4.69) is 0 Å². The minimum Gasteiger partial charge on any atom is -0.494 e. The molecule has 0 aliphatic heterocycles. The first-order valence-corrected chi connectivity index (χ1v) is 5.74. The molecule has 18 heavy (non-hydrogen) atoms. The normalized spacial score (nSPS) is 11.9. The van der Waals surface area contributed by atoms with Crippen LogP contribution in [0.15, 0.2) is 36.4 Å². The maximum atomic E-state index is 12.8. The Kier molecular flexibility index (Phi) is 5.38. The molecular weight excluding hydrogens is 253 g/mol. The molecular formula is C14H17ClFNO. The average molecular weight is 270 g/mol. The minimum atomic E-state index is -0.636. The van der Waals surface area contributed by atoms with E-state index < -0.39 is 12.7 Å². The molecule has 0 saturated heterocycles. The van der Waals surface area contributed by atoms with Gasteiger partial charge in [-0.15, -0.1) is 12.4 Å². The van der Waals surface area contributed by atoms with Crippen molar-refractivity contribution in [1.82, 2.24) is 0 Å². The first-order chi connectivity index (χ1) is 8.27. The summed E-state index contributed by atoms with van der Waals surface area (Å²) >= 11 is 0. The molecule has 2 N–H and O–H groups in total. The van der Waals surface area contributed by atoms with Crippen LogP contribution in [0.2, 0.25) is 0 Å². The van der Waals surface area contributed by atoms with E-state index in [-0.39, 0.29) is 12.4 Å². The van der Waals surface area contributed by atoms with Gasteiger partial charge >= 0.3 is 0 Å². The SMILES string of the molecule is CCOc1ccc2ccccc2c1[C@H](N)CF.Cl. The standard InChI is InChI=1S/C14H16FNO.ClH/c1-2-17-13-8-7-10-5-3-4-6-11(10)14(13)12(16)9-15;/h3-8,12H,2,9,16H2,1H3;1H/t12-;/m1./s1. The molecule has 0 bridgehead atoms. The lowest BCUT2D eigenvalue weighted by atomic mass is 9.98. The zero-order valence-electron chi connectivity index (χ0n) is 10.2. The van der Waals surface area contributed by atoms with Gasteiger partial charge in [-0.1, -0.05) is 30.3 Å². The van der Waals surface area contributed by atoms with E-state index in [1.807, 2.05) is 43.3 Å². The number of alkyl halides is 1. The van der Waals surface area contributed by atoms with Gasteiger partial charge in [0.2, 0.25) is 0 Å². The van der Waals surface area contributed by atoms with Crippen molar-refractivity contribution in [2.75, 3.05) is 13.3 Å². The van der Waals surface area contributed by atoms with E-state index in [1.54, 1.807) is 0 Å². The van der Waals surface area contributed by atoms with Crippen LogP contribution in [0, 0.1) is 0 Å². The third-order valence-corrected chi connectivity index (χ3v) is 2.77. The fourth-order valence-electron chi connectivity index (χ4n) is 2.02. The largest absolute Gasteiger partial charge is 0.494 e. The minimum absolute atomic E-state index is 0. The average Bonchev–Trinajstić information content (AvgIpc) is 2.38. The van der Waals surface area contributed by atoms with Crippen LogP contribution in [0.1, 0.15) is 18.5 Å². The highest BCUT2D eigenvalue weighted by atomic mass is 35.5. The molecule has 98 valence electrons. The summed E-state index contributed by atoms with van der Waals surface area (Å²) in [5, 5.41) is 2.01. The zero-order valence-corrected chi connectivity index (χ0v) is 11.0. The molecule has 2 aromatic carbocycles. The molecule has 1 atom stereocenters. The van der Waals surface area contributed by atoms with Gasteiger partial charge < -0.3 is 10.5 Å². The Morgan fingerprint density at radius 3 is 2.61 bits per heavy atom. The van der Waals surface area contributed by atoms with E-state index >= 15 is 0 Å². The van der Waals surface area contributed by atoms with E-state index in [0.29, 0.717) is 12.4 Å². The molecule has 0 spiro atoms. The summed E-state index contributed by atoms with van der Waals surface area (Å²) < 4.78 is 18.4. The number of hydrogen-bond acceptors (Lipinski definition) is 2. The number of rotatable bonds is 4. The highest BCUT2D eigenvalue weighted by Gasteiger charge is 2.15. The summed E-state index contributed by atoms with van der Waals surface area (Å²) in [6, 6.07) is 11.0. The van der Waals surface area contributed by atoms with Crippen LogP contribution >= 0.6 is 12.4 Å². The van der Waals surface area contributed by atoms with Crippen LogP contribution in [-0.2, 0) is 0 Å². The molecule has 0 heterocycles. The van der Waals surface area contributed by atoms with Crippen LogP contribution in [0.25, 0.3) is 10.8 Å². The summed E-state index contributed by atoms with van der Waals surface area (Å²) in [7, 11) is 0. The lowest BCUT2D eigenvalue weighted by Crippen LogP contribution is -2.14. The van der Waals surface area contributed by atoms with Gasteiger partial charge in [0.1, 0.15) is 12.4 Å². The predicted octanol–water partition coefficient (Wildman–Crippen LogP) is 3.63. The first-order valence-electron chi connectivity index (χ1n) is 5.74. The highest BCUT2D eigenvalue weighted by Crippen LogP contribution is 2.32. The topological polar surface area (TPSA) is 35.2 Å². The summed E-state index contributed by atoms with van der Waals surface area (Å²) in [4.78, 5) is 0. The molecule has 2 rings (SSSR count). The van der Waals surface area contributed by atoms with Crippen LogP contribution < -0.4 is 10.5 Å². The quantitative estimate of drug-likeness (QED) is 0.920. The lowest BCUT2D eigenvalue weighted by Gasteiger charge is -2.16. The molecule has 2 nitrogen and oxygen atoms in total. The van der Waals surface area contributed by atoms with Crippen LogP contribution in [-0.4, -0.2) is 13.3 Å². The van der Waals surface area contributed by atoms with Crippen molar-refractivity contribution in [3.63, 3.8) is 0 Å². The van der Waals surface area contributed by atoms with Crippen molar-refractivity contribution in [3.05, 3.63) is 42.0 Å². The van der Waals surface area contributed by atoms with Crippen LogP contribution in [0.5, 0.6) is 5.75 Å². The Balaban J connectivity index is 0.00000162. The lowest BCUT2D eigenvalue weighted by molar-refractivity contribution is 0.330. The molecule has 0 unspecified atom stereocenters. The van der Waals surface area contributed by atoms with Crippen molar-refractivity contribution in [1.29, 1.82) is 0 Å². The third-order valence-electron chi connectivity index (χ3n) is 2.77. The molecule has 0 aromatic heterocycles. The maximum Gasteiger partial charge on any atom is 0.124 e. The Hall–Kier alpha value is -1.32. The summed E-state index contributed by atoms with van der Waals surface area (Å²) in [5.74, 6) is 0.677. The Morgan fingerprint density at radius 1 is 1.22 bits per heavy atom. The second-order valence-corrected chi connectivity index (χ2v) is 3.89. The van der Waals surface area contributed by atoms with Gasteiger partial charge in [0.25, 0.3) is 0 Å². The number of ether oxygens (including phenoxy) is 1. The predicted molar refractivity (Wildman–Crippen MR) is 75.3 cm³/mol. The number of fused-ring (bicyclic) bond motifs is 1. The van der Waals surface area contributed by atoms with Crippen molar-refractivity contribution in [2.24, 2.45) is 5.73 Å². The van der Waals surface area contributed by atoms with Crippen molar-refractivity contribution < 1.29 is 9.13 Å². The molecule has 0 aliphatic carbocycles. The van der Waals surface area contributed by atoms with Gasteiger partial charge in [-0.05, 0) is 23.8 Å². The molecule has 0 radical (unpaired) electrons. The van der Waals surface area contributed by atoms with Gasteiger partial charge in [0.05, 0.1) is 12.6 Å². The molecule has 4 heteroatoms. The van der Waals surface area contributed by atoms with E-state index in [9.17, 15) is 4.39 Å². The fraction of sp³-hybridized carbons (Fsp3) is 0.286. The molecule has 0 aliphatic rings. The van der Waals surface area contributed by atoms with Gasteiger partial charge in [0.15, 0.2) is 0 Å². The highest BCUT2D eigenvalue weighted by molar-refractivity contribution is 5.88. The summed E-state index contributed by atoms with van der Waals surface area (Å²) in [5.41, 5.74) is 6.59. The molecule has 0 saturated carbocycles. The second-order valence-electron chi connectivity index (χ2n) is 3.89. The maximum absolute atomic E-state index is 12.8. The fourth-order valence-corrected chi connectivity index (χ4v) is 2.02. The Labute approximate surface area is 112 Å². The van der Waals surface area contributed by atoms with Crippen molar-refractivity contribution in [2.45, 2.75) is 13.0 Å². The van der Waals surface area contributed by atoms with Gasteiger partial charge in [-0.2, -0.15) is 0 Å². The Morgan fingerprint density at radius 2 is 1.94 bits per heavy atom. The second kappa shape index (κ2) is 6.57. The van der Waals surface area contributed by atoms with E-state index in [1.165, 1.54) is 0 Å². The van der Waals surface area contributed by atoms with Gasteiger partial charge in [0, 0.05) is 5.56 Å². The van der Waals surface area contributed by atoms with Crippen molar-refractivity contribution >= 4 is 23.2 Å². The number of hydrogen-bond donors (Lipinski definition) is 1. The summed E-state index contributed by atoms with van der Waals surface area (Å²) in [6.07, 6.45) is 0. The van der Waals surface area contributed by atoms with E-state index in [0.717, 1.165) is 16.3 Å². The first kappa shape index (κ1) is 14.7.